The summed E-state index contributed by atoms with van der Waals surface area (Å²) in [7, 11) is 1.99. The van der Waals surface area contributed by atoms with E-state index < -0.39 is 0 Å². The van der Waals surface area contributed by atoms with Crippen molar-refractivity contribution >= 4 is 28.0 Å². The molecule has 0 radical (unpaired) electrons. The number of amides is 1. The van der Waals surface area contributed by atoms with Crippen LogP contribution in [0.3, 0.4) is 0 Å². The topological polar surface area (TPSA) is 66.8 Å². The number of hydrogen-bond donors (Lipinski definition) is 1. The number of nitrogens with zero attached hydrogens (tertiary/aromatic N) is 4. The van der Waals surface area contributed by atoms with E-state index in [1.165, 1.54) is 0 Å². The van der Waals surface area contributed by atoms with E-state index >= 15 is 0 Å². The van der Waals surface area contributed by atoms with Gasteiger partial charge in [-0.2, -0.15) is 0 Å². The Morgan fingerprint density at radius 1 is 1.11 bits per heavy atom. The Balaban J connectivity index is 1.51. The predicted octanol–water partition coefficient (Wildman–Crippen LogP) is 4.13. The van der Waals surface area contributed by atoms with Crippen LogP contribution in [0.15, 0.2) is 42.5 Å². The van der Waals surface area contributed by atoms with E-state index in [0.29, 0.717) is 5.56 Å². The Bertz CT molecular complexity index is 1160. The average Bonchev–Trinajstić information content (AvgIpc) is 3.28. The van der Waals surface area contributed by atoms with Crippen molar-refractivity contribution in [3.8, 4) is 0 Å². The van der Waals surface area contributed by atoms with Crippen LogP contribution in [0.2, 0.25) is 0 Å². The maximum Gasteiger partial charge on any atom is 0.254 e. The summed E-state index contributed by atoms with van der Waals surface area (Å²) in [5.74, 6) is 1.87. The minimum atomic E-state index is -0.0187. The van der Waals surface area contributed by atoms with E-state index in [9.17, 15) is 4.79 Å². The first-order chi connectivity index (χ1) is 13.6. The van der Waals surface area contributed by atoms with Crippen LogP contribution in [0, 0.1) is 6.92 Å². The van der Waals surface area contributed by atoms with Gasteiger partial charge >= 0.3 is 0 Å². The van der Waals surface area contributed by atoms with E-state index in [-0.39, 0.29) is 11.9 Å². The van der Waals surface area contributed by atoms with Crippen molar-refractivity contribution in [2.45, 2.75) is 32.2 Å². The fourth-order valence-corrected chi connectivity index (χ4v) is 4.21. The molecule has 6 nitrogen and oxygen atoms in total. The van der Waals surface area contributed by atoms with Gasteiger partial charge in [0.25, 0.3) is 5.91 Å². The minimum absolute atomic E-state index is 0.0187. The Kier molecular flexibility index (Phi) is 3.93. The van der Waals surface area contributed by atoms with Gasteiger partial charge in [0, 0.05) is 19.2 Å². The number of piperidine rings is 1. The van der Waals surface area contributed by atoms with Crippen LogP contribution in [0.1, 0.15) is 47.3 Å². The normalized spacial score (nSPS) is 17.5. The van der Waals surface area contributed by atoms with Crippen molar-refractivity contribution in [2.24, 2.45) is 7.05 Å². The highest BCUT2D eigenvalue weighted by Gasteiger charge is 2.31. The molecule has 1 atom stereocenters. The number of imidazole rings is 2. The monoisotopic (exact) mass is 373 g/mol. The molecule has 0 aliphatic carbocycles. The third-order valence-electron chi connectivity index (χ3n) is 5.84. The first-order valence-corrected chi connectivity index (χ1v) is 9.80. The van der Waals surface area contributed by atoms with Gasteiger partial charge < -0.3 is 14.5 Å². The summed E-state index contributed by atoms with van der Waals surface area (Å²) in [5, 5.41) is 0. The zero-order valence-electron chi connectivity index (χ0n) is 16.1. The summed E-state index contributed by atoms with van der Waals surface area (Å²) in [6, 6.07) is 13.8. The number of para-hydroxylation sites is 2. The maximum atomic E-state index is 13.4. The lowest BCUT2D eigenvalue weighted by atomic mass is 10.00. The molecule has 1 amide bonds. The lowest BCUT2D eigenvalue weighted by molar-refractivity contribution is 0.0601. The fourth-order valence-electron chi connectivity index (χ4n) is 4.21. The molecule has 2 aromatic carbocycles. The number of carbonyl (C=O) groups excluding carboxylic acids is 1. The zero-order chi connectivity index (χ0) is 19.3. The van der Waals surface area contributed by atoms with E-state index in [1.54, 1.807) is 0 Å². The summed E-state index contributed by atoms with van der Waals surface area (Å²) in [6.45, 7) is 2.73. The first kappa shape index (κ1) is 17.0. The van der Waals surface area contributed by atoms with Crippen molar-refractivity contribution in [2.75, 3.05) is 6.54 Å². The molecule has 2 aromatic heterocycles. The number of nitrogens with one attached hydrogen (secondary N) is 1. The van der Waals surface area contributed by atoms with Crippen molar-refractivity contribution in [1.29, 1.82) is 0 Å². The van der Waals surface area contributed by atoms with Gasteiger partial charge in [-0.25, -0.2) is 9.97 Å². The van der Waals surface area contributed by atoms with E-state index in [0.717, 1.165) is 59.5 Å². The second-order valence-electron chi connectivity index (χ2n) is 7.57. The Hall–Kier alpha value is -3.15. The van der Waals surface area contributed by atoms with E-state index in [4.69, 9.17) is 4.98 Å². The van der Waals surface area contributed by atoms with E-state index in [1.807, 2.05) is 65.9 Å². The molecular formula is C22H23N5O. The molecule has 1 aliphatic heterocycles. The molecule has 0 unspecified atom stereocenters. The van der Waals surface area contributed by atoms with Gasteiger partial charge in [0.15, 0.2) is 0 Å². The number of H-pyrrole nitrogens is 1. The number of likely N-dealkylation sites (tertiary alicyclic amines) is 1. The molecule has 142 valence electrons. The molecule has 28 heavy (non-hydrogen) atoms. The van der Waals surface area contributed by atoms with Gasteiger partial charge in [-0.05, 0) is 56.5 Å². The van der Waals surface area contributed by atoms with Crippen LogP contribution in [0.4, 0.5) is 0 Å². The first-order valence-electron chi connectivity index (χ1n) is 9.80. The molecule has 1 fully saturated rings. The largest absolute Gasteiger partial charge is 0.340 e. The molecule has 4 aromatic rings. The molecule has 6 heteroatoms. The van der Waals surface area contributed by atoms with Crippen LogP contribution in [-0.4, -0.2) is 36.9 Å². The quantitative estimate of drug-likeness (QED) is 0.575. The molecule has 0 bridgehead atoms. The second-order valence-corrected chi connectivity index (χ2v) is 7.57. The van der Waals surface area contributed by atoms with Crippen LogP contribution in [0.25, 0.3) is 22.1 Å². The summed E-state index contributed by atoms with van der Waals surface area (Å²) in [6.07, 6.45) is 3.05. The lowest BCUT2D eigenvalue weighted by Gasteiger charge is -2.34. The number of aryl methyl sites for hydroxylation is 2. The lowest BCUT2D eigenvalue weighted by Crippen LogP contribution is -2.39. The number of aromatic nitrogens is 4. The van der Waals surface area contributed by atoms with Crippen molar-refractivity contribution in [1.82, 2.24) is 24.4 Å². The van der Waals surface area contributed by atoms with Gasteiger partial charge in [-0.3, -0.25) is 4.79 Å². The SMILES string of the molecule is Cc1nc2cc(C(=O)N3CCCC[C@H]3c3nc4ccccc4[nH]3)ccc2n1C. The van der Waals surface area contributed by atoms with E-state index in [2.05, 4.69) is 9.97 Å². The maximum absolute atomic E-state index is 13.4. The van der Waals surface area contributed by atoms with Gasteiger partial charge in [0.1, 0.15) is 11.6 Å². The standard InChI is InChI=1S/C22H23N5O/c1-14-23-18-13-15(10-11-19(18)26(14)2)22(28)27-12-6-5-9-20(27)21-24-16-7-3-4-8-17(16)25-21/h3-4,7-8,10-11,13,20H,5-6,9,12H2,1-2H3,(H,24,25)/t20-/m0/s1. The second kappa shape index (κ2) is 6.48. The molecule has 0 saturated carbocycles. The molecular weight excluding hydrogens is 350 g/mol. The Labute approximate surface area is 163 Å². The van der Waals surface area contributed by atoms with Gasteiger partial charge in [0.05, 0.1) is 28.1 Å². The number of rotatable bonds is 2. The molecule has 5 rings (SSSR count). The predicted molar refractivity (Wildman–Crippen MR) is 109 cm³/mol. The van der Waals surface area contributed by atoms with Gasteiger partial charge in [0.2, 0.25) is 0 Å². The molecule has 1 aliphatic rings. The number of fused-ring (bicyclic) bond motifs is 2. The fraction of sp³-hybridized carbons (Fsp3) is 0.318. The molecule has 1 N–H and O–H groups in total. The van der Waals surface area contributed by atoms with Crippen LogP contribution in [-0.2, 0) is 7.05 Å². The number of carbonyl (C=O) groups is 1. The highest BCUT2D eigenvalue weighted by molar-refractivity contribution is 5.97. The summed E-state index contributed by atoms with van der Waals surface area (Å²) in [4.78, 5) is 28.1. The number of benzene rings is 2. The van der Waals surface area contributed by atoms with Gasteiger partial charge in [-0.15, -0.1) is 0 Å². The highest BCUT2D eigenvalue weighted by Crippen LogP contribution is 2.32. The average molecular weight is 373 g/mol. The molecule has 0 spiro atoms. The number of hydrogen-bond acceptors (Lipinski definition) is 3. The van der Waals surface area contributed by atoms with Crippen molar-refractivity contribution < 1.29 is 4.79 Å². The zero-order valence-corrected chi connectivity index (χ0v) is 16.1. The van der Waals surface area contributed by atoms with Gasteiger partial charge in [-0.1, -0.05) is 12.1 Å². The van der Waals surface area contributed by atoms with Crippen LogP contribution in [0.5, 0.6) is 0 Å². The smallest absolute Gasteiger partial charge is 0.254 e. The molecule has 3 heterocycles. The number of aromatic amines is 1. The summed E-state index contributed by atoms with van der Waals surface area (Å²) < 4.78 is 2.04. The third kappa shape index (κ3) is 2.68. The molecule has 1 saturated heterocycles. The Morgan fingerprint density at radius 3 is 2.82 bits per heavy atom. The summed E-state index contributed by atoms with van der Waals surface area (Å²) >= 11 is 0. The summed E-state index contributed by atoms with van der Waals surface area (Å²) in [5.41, 5.74) is 4.56. The van der Waals surface area contributed by atoms with Crippen LogP contribution >= 0.6 is 0 Å². The van der Waals surface area contributed by atoms with Crippen LogP contribution < -0.4 is 0 Å². The van der Waals surface area contributed by atoms with Crippen molar-refractivity contribution in [3.05, 3.63) is 59.7 Å². The Morgan fingerprint density at radius 2 is 1.96 bits per heavy atom. The third-order valence-corrected chi connectivity index (χ3v) is 5.84. The highest BCUT2D eigenvalue weighted by atomic mass is 16.2. The minimum Gasteiger partial charge on any atom is -0.340 e. The van der Waals surface area contributed by atoms with Crippen molar-refractivity contribution in [3.63, 3.8) is 0 Å².